The lowest BCUT2D eigenvalue weighted by Crippen LogP contribution is -2.25. The van der Waals surface area contributed by atoms with Crippen LogP contribution in [0.3, 0.4) is 0 Å². The van der Waals surface area contributed by atoms with Gasteiger partial charge in [0, 0.05) is 0 Å². The van der Waals surface area contributed by atoms with Crippen molar-refractivity contribution in [1.82, 2.24) is 5.43 Å². The first-order valence-corrected chi connectivity index (χ1v) is 7.73. The average molecular weight is 357 g/mol. The first-order valence-electron chi connectivity index (χ1n) is 7.35. The van der Waals surface area contributed by atoms with Gasteiger partial charge in [-0.2, -0.15) is 5.10 Å². The number of nitrogens with one attached hydrogen (secondary N) is 1. The maximum atomic E-state index is 12.2. The predicted octanol–water partition coefficient (Wildman–Crippen LogP) is 2.98. The monoisotopic (exact) mass is 356 g/mol. The van der Waals surface area contributed by atoms with Crippen molar-refractivity contribution in [2.75, 3.05) is 6.61 Å². The van der Waals surface area contributed by atoms with E-state index in [4.69, 9.17) is 20.8 Å². The maximum absolute atomic E-state index is 12.2. The summed E-state index contributed by atoms with van der Waals surface area (Å²) in [6.45, 7) is -0.257. The van der Waals surface area contributed by atoms with E-state index >= 15 is 0 Å². The van der Waals surface area contributed by atoms with Crippen molar-refractivity contribution in [3.8, 4) is 5.75 Å². The number of amides is 1. The topological polar surface area (TPSA) is 80.9 Å². The van der Waals surface area contributed by atoms with Crippen molar-refractivity contribution < 1.29 is 13.9 Å². The van der Waals surface area contributed by atoms with E-state index in [9.17, 15) is 9.59 Å². The number of carbonyl (C=O) groups is 1. The molecule has 0 saturated heterocycles. The largest absolute Gasteiger partial charge is 0.482 e. The van der Waals surface area contributed by atoms with Crippen molar-refractivity contribution in [2.24, 2.45) is 5.10 Å². The minimum Gasteiger partial charge on any atom is -0.482 e. The Morgan fingerprint density at radius 3 is 2.80 bits per heavy atom. The summed E-state index contributed by atoms with van der Waals surface area (Å²) in [5.74, 6) is -0.0835. The number of benzene rings is 2. The SMILES string of the molecule is O=C(COc1ccccc1Cl)NN=Cc1coc2ccccc2c1=O. The molecule has 3 rings (SSSR count). The average Bonchev–Trinajstić information content (AvgIpc) is 2.63. The van der Waals surface area contributed by atoms with Crippen LogP contribution in [0.5, 0.6) is 5.75 Å². The summed E-state index contributed by atoms with van der Waals surface area (Å²) in [6.07, 6.45) is 2.52. The van der Waals surface area contributed by atoms with Gasteiger partial charge in [-0.15, -0.1) is 0 Å². The summed E-state index contributed by atoms with van der Waals surface area (Å²) < 4.78 is 10.6. The third-order valence-corrected chi connectivity index (χ3v) is 3.61. The van der Waals surface area contributed by atoms with Crippen molar-refractivity contribution in [3.05, 3.63) is 75.6 Å². The Labute approximate surface area is 147 Å². The molecule has 6 nitrogen and oxygen atoms in total. The molecule has 0 atom stereocenters. The molecule has 1 aromatic heterocycles. The van der Waals surface area contributed by atoms with Crippen LogP contribution in [0.15, 0.2) is 69.1 Å². The summed E-state index contributed by atoms with van der Waals surface area (Å²) in [7, 11) is 0. The zero-order valence-electron chi connectivity index (χ0n) is 12.9. The lowest BCUT2D eigenvalue weighted by molar-refractivity contribution is -0.123. The number of nitrogens with zero attached hydrogens (tertiary/aromatic N) is 1. The molecule has 3 aromatic rings. The fourth-order valence-electron chi connectivity index (χ4n) is 2.09. The van der Waals surface area contributed by atoms with Gasteiger partial charge in [0.25, 0.3) is 5.91 Å². The highest BCUT2D eigenvalue weighted by Crippen LogP contribution is 2.22. The van der Waals surface area contributed by atoms with Crippen LogP contribution in [-0.4, -0.2) is 18.7 Å². The Hall–Kier alpha value is -3.12. The first-order chi connectivity index (χ1) is 12.1. The molecule has 0 aliphatic heterocycles. The number of carbonyl (C=O) groups excluding carboxylic acids is 1. The molecule has 25 heavy (non-hydrogen) atoms. The van der Waals surface area contributed by atoms with E-state index in [0.29, 0.717) is 21.7 Å². The number of ether oxygens (including phenoxy) is 1. The number of hydrogen-bond acceptors (Lipinski definition) is 5. The summed E-state index contributed by atoms with van der Waals surface area (Å²) in [5, 5.41) is 4.60. The lowest BCUT2D eigenvalue weighted by Gasteiger charge is -2.06. The summed E-state index contributed by atoms with van der Waals surface area (Å²) in [5.41, 5.74) is 2.76. The molecule has 2 aromatic carbocycles. The van der Waals surface area contributed by atoms with E-state index in [2.05, 4.69) is 10.5 Å². The third kappa shape index (κ3) is 4.05. The van der Waals surface area contributed by atoms with Crippen LogP contribution in [0, 0.1) is 0 Å². The van der Waals surface area contributed by atoms with Gasteiger partial charge in [0.15, 0.2) is 6.61 Å². The van der Waals surface area contributed by atoms with Crippen LogP contribution in [0.1, 0.15) is 5.56 Å². The number of hydrogen-bond donors (Lipinski definition) is 1. The van der Waals surface area contributed by atoms with Crippen molar-refractivity contribution in [3.63, 3.8) is 0 Å². The van der Waals surface area contributed by atoms with E-state index in [1.807, 2.05) is 0 Å². The number of para-hydroxylation sites is 2. The molecule has 126 valence electrons. The van der Waals surface area contributed by atoms with Gasteiger partial charge in [0.1, 0.15) is 17.6 Å². The minimum atomic E-state index is -0.485. The fourth-order valence-corrected chi connectivity index (χ4v) is 2.28. The van der Waals surface area contributed by atoms with Crippen LogP contribution in [0.2, 0.25) is 5.02 Å². The van der Waals surface area contributed by atoms with Gasteiger partial charge >= 0.3 is 0 Å². The quantitative estimate of drug-likeness (QED) is 0.563. The standard InChI is InChI=1S/C18H13ClN2O4/c19-14-6-2-4-8-16(14)25-11-17(22)21-20-9-12-10-24-15-7-3-1-5-13(15)18(12)23/h1-10H,11H2,(H,21,22). The molecule has 1 amide bonds. The Kier molecular flexibility index (Phi) is 5.11. The normalized spacial score (nSPS) is 10.9. The highest BCUT2D eigenvalue weighted by molar-refractivity contribution is 6.32. The van der Waals surface area contributed by atoms with Gasteiger partial charge in [-0.3, -0.25) is 9.59 Å². The molecule has 0 aliphatic rings. The highest BCUT2D eigenvalue weighted by Gasteiger charge is 2.06. The van der Waals surface area contributed by atoms with E-state index in [-0.39, 0.29) is 17.6 Å². The summed E-state index contributed by atoms with van der Waals surface area (Å²) in [6, 6.07) is 13.7. The van der Waals surface area contributed by atoms with E-state index in [1.54, 1.807) is 48.5 Å². The van der Waals surface area contributed by atoms with Gasteiger partial charge in [-0.25, -0.2) is 5.43 Å². The van der Waals surface area contributed by atoms with Crippen molar-refractivity contribution in [1.29, 1.82) is 0 Å². The molecule has 0 saturated carbocycles. The zero-order valence-corrected chi connectivity index (χ0v) is 13.7. The second-order valence-electron chi connectivity index (χ2n) is 5.03. The molecule has 7 heteroatoms. The van der Waals surface area contributed by atoms with Crippen molar-refractivity contribution >= 4 is 34.7 Å². The smallest absolute Gasteiger partial charge is 0.277 e. The zero-order chi connectivity index (χ0) is 17.6. The highest BCUT2D eigenvalue weighted by atomic mass is 35.5. The Bertz CT molecular complexity index is 998. The van der Waals surface area contributed by atoms with E-state index < -0.39 is 5.91 Å². The molecule has 0 fully saturated rings. The van der Waals surface area contributed by atoms with Crippen molar-refractivity contribution in [2.45, 2.75) is 0 Å². The van der Waals surface area contributed by atoms with Gasteiger partial charge in [-0.05, 0) is 24.3 Å². The van der Waals surface area contributed by atoms with Crippen LogP contribution >= 0.6 is 11.6 Å². The lowest BCUT2D eigenvalue weighted by atomic mass is 10.2. The van der Waals surface area contributed by atoms with Crippen LogP contribution in [0.25, 0.3) is 11.0 Å². The third-order valence-electron chi connectivity index (χ3n) is 3.30. The van der Waals surface area contributed by atoms with Gasteiger partial charge in [0.2, 0.25) is 5.43 Å². The minimum absolute atomic E-state index is 0.228. The van der Waals surface area contributed by atoms with Crippen LogP contribution in [-0.2, 0) is 4.79 Å². The molecule has 0 unspecified atom stereocenters. The molecular weight excluding hydrogens is 344 g/mol. The summed E-state index contributed by atoms with van der Waals surface area (Å²) in [4.78, 5) is 24.0. The second-order valence-corrected chi connectivity index (χ2v) is 5.44. The Balaban J connectivity index is 1.61. The molecule has 0 aliphatic carbocycles. The molecule has 0 radical (unpaired) electrons. The fraction of sp³-hybridized carbons (Fsp3) is 0.0556. The first kappa shape index (κ1) is 16.7. The van der Waals surface area contributed by atoms with Crippen LogP contribution in [0.4, 0.5) is 0 Å². The number of fused-ring (bicyclic) bond motifs is 1. The second kappa shape index (κ2) is 7.63. The van der Waals surface area contributed by atoms with Gasteiger partial charge < -0.3 is 9.15 Å². The van der Waals surface area contributed by atoms with Gasteiger partial charge in [-0.1, -0.05) is 35.9 Å². The molecule has 0 bridgehead atoms. The van der Waals surface area contributed by atoms with E-state index in [1.165, 1.54) is 12.5 Å². The predicted molar refractivity (Wildman–Crippen MR) is 95.2 cm³/mol. The van der Waals surface area contributed by atoms with Crippen LogP contribution < -0.4 is 15.6 Å². The van der Waals surface area contributed by atoms with E-state index in [0.717, 1.165) is 0 Å². The maximum Gasteiger partial charge on any atom is 0.277 e. The molecule has 1 N–H and O–H groups in total. The molecule has 1 heterocycles. The number of hydrazone groups is 1. The molecular formula is C18H13ClN2O4. The Morgan fingerprint density at radius 2 is 1.96 bits per heavy atom. The summed E-state index contributed by atoms with van der Waals surface area (Å²) >= 11 is 5.93. The molecule has 0 spiro atoms. The number of rotatable bonds is 5. The van der Waals surface area contributed by atoms with Gasteiger partial charge in [0.05, 0.1) is 22.2 Å². The number of halogens is 1. The Morgan fingerprint density at radius 1 is 1.20 bits per heavy atom.